The number of hydrogen-bond donors (Lipinski definition) is 1. The Labute approximate surface area is 267 Å². The van der Waals surface area contributed by atoms with Crippen molar-refractivity contribution in [2.24, 2.45) is 5.92 Å². The van der Waals surface area contributed by atoms with Gasteiger partial charge in [-0.05, 0) is 73.2 Å². The lowest BCUT2D eigenvalue weighted by Crippen LogP contribution is -2.33. The van der Waals surface area contributed by atoms with Crippen LogP contribution in [0.4, 0.5) is 15.8 Å². The lowest BCUT2D eigenvalue weighted by Gasteiger charge is -2.30. The number of amides is 3. The van der Waals surface area contributed by atoms with Gasteiger partial charge in [0, 0.05) is 21.0 Å². The first-order valence-electron chi connectivity index (χ1n) is 13.5. The number of carbonyl (C=O) groups is 4. The van der Waals surface area contributed by atoms with Crippen LogP contribution in [-0.4, -0.2) is 40.1 Å². The maximum Gasteiger partial charge on any atom is 0.338 e. The number of anilines is 2. The van der Waals surface area contributed by atoms with Crippen molar-refractivity contribution in [3.05, 3.63) is 109 Å². The Bertz CT molecular complexity index is 1860. The SMILES string of the molecule is CCOC(=O)c1ccc(N2C(=O)C3Sc4c(sc(=O)n4CC(=O)Nc4ccc(F)cc4)C(c4cccc(Br)c4)C3C2=O)cc1. The summed E-state index contributed by atoms with van der Waals surface area (Å²) >= 11 is 5.53. The number of hydrogen-bond acceptors (Lipinski definition) is 8. The average Bonchev–Trinajstić information content (AvgIpc) is 3.44. The molecule has 4 aromatic rings. The van der Waals surface area contributed by atoms with Crippen LogP contribution in [0.1, 0.15) is 33.6 Å². The summed E-state index contributed by atoms with van der Waals surface area (Å²) < 4.78 is 20.4. The van der Waals surface area contributed by atoms with E-state index in [1.54, 1.807) is 6.92 Å². The number of ether oxygens (including phenoxy) is 1. The molecule has 13 heteroatoms. The number of fused-ring (bicyclic) bond motifs is 2. The normalized spacial score (nSPS) is 19.0. The lowest BCUT2D eigenvalue weighted by atomic mass is 9.83. The molecule has 0 bridgehead atoms. The smallest absolute Gasteiger partial charge is 0.338 e. The van der Waals surface area contributed by atoms with Crippen molar-refractivity contribution in [3.8, 4) is 0 Å². The van der Waals surface area contributed by atoms with E-state index in [9.17, 15) is 28.4 Å². The van der Waals surface area contributed by atoms with Crippen molar-refractivity contribution < 1.29 is 28.3 Å². The summed E-state index contributed by atoms with van der Waals surface area (Å²) in [5.74, 6) is -3.79. The summed E-state index contributed by atoms with van der Waals surface area (Å²) in [7, 11) is 0. The van der Waals surface area contributed by atoms with Crippen LogP contribution >= 0.6 is 39.0 Å². The van der Waals surface area contributed by atoms with Crippen molar-refractivity contribution >= 4 is 74.1 Å². The second-order valence-corrected chi connectivity index (χ2v) is 13.1. The molecule has 3 atom stereocenters. The van der Waals surface area contributed by atoms with Crippen LogP contribution in [0.2, 0.25) is 0 Å². The quantitative estimate of drug-likeness (QED) is 0.203. The predicted octanol–water partition coefficient (Wildman–Crippen LogP) is 5.42. The molecule has 0 spiro atoms. The van der Waals surface area contributed by atoms with Gasteiger partial charge in [0.05, 0.1) is 28.8 Å². The maximum absolute atomic E-state index is 14.1. The van der Waals surface area contributed by atoms with E-state index in [1.165, 1.54) is 53.1 Å². The fourth-order valence-corrected chi connectivity index (χ4v) is 8.60. The highest BCUT2D eigenvalue weighted by Crippen LogP contribution is 2.54. The van der Waals surface area contributed by atoms with E-state index < -0.39 is 51.5 Å². The van der Waals surface area contributed by atoms with Gasteiger partial charge in [-0.15, -0.1) is 0 Å². The molecule has 1 N–H and O–H groups in total. The fraction of sp³-hybridized carbons (Fsp3) is 0.194. The molecule has 2 aliphatic rings. The van der Waals surface area contributed by atoms with Crippen molar-refractivity contribution in [3.63, 3.8) is 0 Å². The summed E-state index contributed by atoms with van der Waals surface area (Å²) in [5, 5.41) is 2.24. The van der Waals surface area contributed by atoms with E-state index in [1.807, 2.05) is 24.3 Å². The van der Waals surface area contributed by atoms with Gasteiger partial charge in [-0.2, -0.15) is 0 Å². The van der Waals surface area contributed by atoms with Gasteiger partial charge in [0.2, 0.25) is 17.7 Å². The van der Waals surface area contributed by atoms with Gasteiger partial charge in [-0.25, -0.2) is 14.1 Å². The number of halogens is 2. The number of nitrogens with one attached hydrogen (secondary N) is 1. The number of imide groups is 1. The van der Waals surface area contributed by atoms with Crippen LogP contribution < -0.4 is 15.1 Å². The number of aromatic nitrogens is 1. The zero-order chi connectivity index (χ0) is 31.1. The van der Waals surface area contributed by atoms with Crippen molar-refractivity contribution in [1.82, 2.24) is 4.57 Å². The van der Waals surface area contributed by atoms with E-state index in [0.717, 1.165) is 38.0 Å². The van der Waals surface area contributed by atoms with E-state index in [-0.39, 0.29) is 13.2 Å². The van der Waals surface area contributed by atoms with E-state index in [2.05, 4.69) is 21.2 Å². The Balaban J connectivity index is 1.37. The molecule has 1 saturated heterocycles. The largest absolute Gasteiger partial charge is 0.462 e. The Morgan fingerprint density at radius 2 is 1.73 bits per heavy atom. The van der Waals surface area contributed by atoms with Crippen molar-refractivity contribution in [1.29, 1.82) is 0 Å². The number of rotatable bonds is 7. The molecule has 44 heavy (non-hydrogen) atoms. The molecule has 1 fully saturated rings. The highest BCUT2D eigenvalue weighted by atomic mass is 79.9. The fourth-order valence-electron chi connectivity index (χ4n) is 5.41. The number of carbonyl (C=O) groups excluding carboxylic acids is 4. The summed E-state index contributed by atoms with van der Waals surface area (Å²) in [4.78, 5) is 67.7. The summed E-state index contributed by atoms with van der Waals surface area (Å²) in [6.07, 6.45) is 0. The molecule has 3 aromatic carbocycles. The first-order valence-corrected chi connectivity index (χ1v) is 16.0. The zero-order valence-electron chi connectivity index (χ0n) is 23.0. The predicted molar refractivity (Wildman–Crippen MR) is 168 cm³/mol. The number of esters is 1. The lowest BCUT2D eigenvalue weighted by molar-refractivity contribution is -0.122. The molecule has 2 aliphatic heterocycles. The van der Waals surface area contributed by atoms with E-state index in [4.69, 9.17) is 4.74 Å². The molecule has 3 heterocycles. The molecule has 3 unspecified atom stereocenters. The number of thioether (sulfide) groups is 1. The zero-order valence-corrected chi connectivity index (χ0v) is 26.2. The van der Waals surface area contributed by atoms with E-state index in [0.29, 0.717) is 26.8 Å². The average molecular weight is 697 g/mol. The van der Waals surface area contributed by atoms with Crippen LogP contribution in [-0.2, 0) is 25.7 Å². The summed E-state index contributed by atoms with van der Waals surface area (Å²) in [6.45, 7) is 1.58. The van der Waals surface area contributed by atoms with Gasteiger partial charge in [0.25, 0.3) is 0 Å². The topological polar surface area (TPSA) is 115 Å². The van der Waals surface area contributed by atoms with Crippen LogP contribution in [0.25, 0.3) is 0 Å². The summed E-state index contributed by atoms with van der Waals surface area (Å²) in [6, 6.07) is 18.7. The van der Waals surface area contributed by atoms with Crippen molar-refractivity contribution in [2.75, 3.05) is 16.8 Å². The highest BCUT2D eigenvalue weighted by Gasteiger charge is 2.56. The van der Waals surface area contributed by atoms with Gasteiger partial charge in [0.1, 0.15) is 17.6 Å². The van der Waals surface area contributed by atoms with Crippen LogP contribution in [0.3, 0.4) is 0 Å². The minimum absolute atomic E-state index is 0.213. The molecule has 1 aromatic heterocycles. The molecule has 6 rings (SSSR count). The molecule has 0 radical (unpaired) electrons. The van der Waals surface area contributed by atoms with Crippen molar-refractivity contribution in [2.45, 2.75) is 29.7 Å². The number of thiazole rings is 1. The Morgan fingerprint density at radius 3 is 2.41 bits per heavy atom. The van der Waals surface area contributed by atoms with Gasteiger partial charge in [-0.3, -0.25) is 23.7 Å². The molecule has 0 aliphatic carbocycles. The van der Waals surface area contributed by atoms with E-state index >= 15 is 0 Å². The Morgan fingerprint density at radius 1 is 1.00 bits per heavy atom. The minimum atomic E-state index is -0.871. The number of benzene rings is 3. The summed E-state index contributed by atoms with van der Waals surface area (Å²) in [5.41, 5.74) is 1.71. The standard InChI is InChI=1S/C31H23BrFN3O6S2/c1-2-42-30(40)16-6-12-21(13-7-16)36-27(38)24-23(17-4-3-5-18(32)14-17)26-29(43-25(24)28(36)39)35(31(41)44-26)15-22(37)34-20-10-8-19(33)9-11-20/h3-14,23-25H,2,15H2,1H3,(H,34,37). The molecule has 224 valence electrons. The molecular formula is C31H23BrFN3O6S2. The van der Waals surface area contributed by atoms with Crippen LogP contribution in [0.5, 0.6) is 0 Å². The Hall–Kier alpha value is -4.07. The first kappa shape index (κ1) is 30.0. The number of nitrogens with zero attached hydrogens (tertiary/aromatic N) is 2. The van der Waals surface area contributed by atoms with Gasteiger partial charge in [-0.1, -0.05) is 51.2 Å². The van der Waals surface area contributed by atoms with Gasteiger partial charge < -0.3 is 10.1 Å². The maximum atomic E-state index is 14.1. The Kier molecular flexibility index (Phi) is 8.27. The molecule has 9 nitrogen and oxygen atoms in total. The minimum Gasteiger partial charge on any atom is -0.462 e. The van der Waals surface area contributed by atoms with Crippen LogP contribution in [0.15, 0.2) is 87.1 Å². The highest BCUT2D eigenvalue weighted by molar-refractivity contribution is 9.10. The second-order valence-electron chi connectivity index (χ2n) is 10.1. The third-order valence-corrected chi connectivity index (χ3v) is 10.4. The second kappa shape index (κ2) is 12.1. The molecular weight excluding hydrogens is 673 g/mol. The van der Waals surface area contributed by atoms with Gasteiger partial charge >= 0.3 is 10.8 Å². The molecule has 0 saturated carbocycles. The third kappa shape index (κ3) is 5.51. The van der Waals surface area contributed by atoms with Crippen LogP contribution in [0, 0.1) is 11.7 Å². The van der Waals surface area contributed by atoms with Gasteiger partial charge in [0.15, 0.2) is 0 Å². The monoisotopic (exact) mass is 695 g/mol. The first-order chi connectivity index (χ1) is 21.2. The molecule has 3 amide bonds. The third-order valence-electron chi connectivity index (χ3n) is 7.32.